The lowest BCUT2D eigenvalue weighted by atomic mass is 10.0. The quantitative estimate of drug-likeness (QED) is 0.131. The van der Waals surface area contributed by atoms with Gasteiger partial charge in [-0.3, -0.25) is 14.9 Å². The molecule has 1 aliphatic heterocycles. The summed E-state index contributed by atoms with van der Waals surface area (Å²) in [6, 6.07) is 21.8. The maximum atomic E-state index is 13.1. The summed E-state index contributed by atoms with van der Waals surface area (Å²) in [5, 5.41) is 4.48. The number of hydrogen-bond acceptors (Lipinski definition) is 6. The number of nitrogens with one attached hydrogen (secondary N) is 1. The lowest BCUT2D eigenvalue weighted by molar-refractivity contribution is -0.119. The Kier molecular flexibility index (Phi) is 9.41. The maximum absolute atomic E-state index is 13.1. The molecule has 2 amide bonds. The fourth-order valence-corrected chi connectivity index (χ4v) is 7.31. The maximum Gasteiger partial charge on any atom is 0.286 e. The predicted molar refractivity (Wildman–Crippen MR) is 161 cm³/mol. The zero-order chi connectivity index (χ0) is 27.9. The minimum absolute atomic E-state index is 0.290. The van der Waals surface area contributed by atoms with Crippen LogP contribution in [0.2, 0.25) is 0 Å². The van der Waals surface area contributed by atoms with E-state index >= 15 is 0 Å². The molecule has 6 nitrogen and oxygen atoms in total. The number of benzene rings is 3. The Morgan fingerprint density at radius 2 is 1.73 bits per heavy atom. The first kappa shape index (κ1) is 28.2. The first-order chi connectivity index (χ1) is 19.5. The van der Waals surface area contributed by atoms with E-state index in [1.54, 1.807) is 0 Å². The summed E-state index contributed by atoms with van der Waals surface area (Å²) in [7, 11) is -1.16. The fraction of sp³-hybridized carbons (Fsp3) is 0.312. The highest BCUT2D eigenvalue weighted by Gasteiger charge is 2.33. The lowest BCUT2D eigenvalue weighted by Gasteiger charge is -2.12. The van der Waals surface area contributed by atoms with E-state index in [1.165, 1.54) is 5.56 Å². The molecule has 8 heteroatoms. The summed E-state index contributed by atoms with van der Waals surface area (Å²) in [5.41, 5.74) is 4.25. The van der Waals surface area contributed by atoms with Gasteiger partial charge in [0.25, 0.3) is 5.24 Å². The molecule has 1 aliphatic rings. The highest BCUT2D eigenvalue weighted by molar-refractivity contribution is 8.15. The molecule has 40 heavy (non-hydrogen) atoms. The average Bonchev–Trinajstić information content (AvgIpc) is 3.48. The van der Waals surface area contributed by atoms with Gasteiger partial charge in [-0.15, -0.1) is 0 Å². The van der Waals surface area contributed by atoms with Crippen molar-refractivity contribution in [1.82, 2.24) is 5.32 Å². The highest BCUT2D eigenvalue weighted by atomic mass is 32.2. The molecule has 0 bridgehead atoms. The Hall–Kier alpha value is -3.33. The van der Waals surface area contributed by atoms with Gasteiger partial charge in [0.1, 0.15) is 22.1 Å². The van der Waals surface area contributed by atoms with Crippen LogP contribution in [0.15, 0.2) is 72.1 Å². The Balaban J connectivity index is 1.15. The Bertz CT molecular complexity index is 1480. The van der Waals surface area contributed by atoms with Crippen LogP contribution in [-0.4, -0.2) is 28.9 Å². The smallest absolute Gasteiger partial charge is 0.286 e. The summed E-state index contributed by atoms with van der Waals surface area (Å²) in [6.45, 7) is 3.19. The van der Waals surface area contributed by atoms with E-state index in [-0.39, 0.29) is 11.1 Å². The molecule has 0 saturated carbocycles. The third-order valence-electron chi connectivity index (χ3n) is 6.95. The molecule has 3 aromatic carbocycles. The van der Waals surface area contributed by atoms with Gasteiger partial charge in [0.15, 0.2) is 4.70 Å². The molecule has 208 valence electrons. The fourth-order valence-electron chi connectivity index (χ4n) is 5.00. The highest BCUT2D eigenvalue weighted by Crippen LogP contribution is 2.41. The monoisotopic (exact) mass is 575 g/mol. The number of imide groups is 1. The van der Waals surface area contributed by atoms with Crippen LogP contribution in [0.1, 0.15) is 53.7 Å². The van der Waals surface area contributed by atoms with Crippen molar-refractivity contribution >= 4 is 43.7 Å². The number of carbonyl (C=O) groups is 2. The number of ether oxygens (including phenoxy) is 2. The summed E-state index contributed by atoms with van der Waals surface area (Å²) in [4.78, 5) is 23.4. The largest absolute Gasteiger partial charge is 0.590 e. The van der Waals surface area contributed by atoms with E-state index in [1.807, 2.05) is 41.8 Å². The lowest BCUT2D eigenvalue weighted by Crippen LogP contribution is -2.20. The van der Waals surface area contributed by atoms with Crippen molar-refractivity contribution in [2.75, 3.05) is 13.2 Å². The molecule has 1 fully saturated rings. The SMILES string of the molecule is CCCc1c(OCCCCOc2cccc(C3SC(=O)NC3=O)c2)ccc2c(CCc3ccccc3)c[s+]([O-])c12. The number of thiophene rings is 1. The third-order valence-corrected chi connectivity index (χ3v) is 9.36. The number of thioether (sulfide) groups is 1. The van der Waals surface area contributed by atoms with Crippen LogP contribution >= 0.6 is 22.5 Å². The molecule has 2 atom stereocenters. The summed E-state index contributed by atoms with van der Waals surface area (Å²) < 4.78 is 26.2. The zero-order valence-corrected chi connectivity index (χ0v) is 24.2. The molecular weight excluding hydrogens is 542 g/mol. The average molecular weight is 576 g/mol. The van der Waals surface area contributed by atoms with Gasteiger partial charge in [0, 0.05) is 10.9 Å². The van der Waals surface area contributed by atoms with Crippen LogP contribution in [0.5, 0.6) is 11.5 Å². The van der Waals surface area contributed by atoms with Crippen molar-refractivity contribution in [1.29, 1.82) is 0 Å². The third kappa shape index (κ3) is 6.69. The van der Waals surface area contributed by atoms with Gasteiger partial charge in [-0.1, -0.05) is 55.8 Å². The molecular formula is C32H33NO5S2. The molecule has 1 aromatic heterocycles. The minimum Gasteiger partial charge on any atom is -0.590 e. The molecule has 2 heterocycles. The van der Waals surface area contributed by atoms with Gasteiger partial charge in [-0.25, -0.2) is 0 Å². The van der Waals surface area contributed by atoms with Gasteiger partial charge in [0.05, 0.1) is 18.8 Å². The molecule has 0 aliphatic carbocycles. The van der Waals surface area contributed by atoms with Crippen molar-refractivity contribution in [3.05, 3.63) is 94.4 Å². The van der Waals surface area contributed by atoms with Crippen LogP contribution < -0.4 is 14.8 Å². The van der Waals surface area contributed by atoms with E-state index in [9.17, 15) is 14.1 Å². The molecule has 1 saturated heterocycles. The Labute approximate surface area is 241 Å². The molecule has 2 unspecified atom stereocenters. The van der Waals surface area contributed by atoms with Crippen molar-refractivity contribution in [3.8, 4) is 11.5 Å². The first-order valence-electron chi connectivity index (χ1n) is 13.7. The van der Waals surface area contributed by atoms with Gasteiger partial charge >= 0.3 is 0 Å². The number of rotatable bonds is 13. The molecule has 5 rings (SSSR count). The summed E-state index contributed by atoms with van der Waals surface area (Å²) in [5.74, 6) is 1.21. The van der Waals surface area contributed by atoms with Gasteiger partial charge in [-0.2, -0.15) is 0 Å². The van der Waals surface area contributed by atoms with E-state index in [2.05, 4.69) is 42.6 Å². The van der Waals surface area contributed by atoms with Crippen molar-refractivity contribution in [2.24, 2.45) is 0 Å². The Morgan fingerprint density at radius 1 is 0.925 bits per heavy atom. The normalized spacial score (nSPS) is 15.4. The second-order valence-corrected chi connectivity index (χ2v) is 12.2. The summed E-state index contributed by atoms with van der Waals surface area (Å²) in [6.07, 6.45) is 5.17. The number of fused-ring (bicyclic) bond motifs is 1. The van der Waals surface area contributed by atoms with Crippen LogP contribution in [-0.2, 0) is 24.1 Å². The number of unbranched alkanes of at least 4 members (excludes halogenated alkanes) is 1. The van der Waals surface area contributed by atoms with E-state index in [4.69, 9.17) is 9.47 Å². The van der Waals surface area contributed by atoms with Gasteiger partial charge < -0.3 is 14.0 Å². The van der Waals surface area contributed by atoms with Crippen LogP contribution in [0.3, 0.4) is 0 Å². The first-order valence-corrected chi connectivity index (χ1v) is 15.8. The van der Waals surface area contributed by atoms with Crippen molar-refractivity contribution in [2.45, 2.75) is 50.7 Å². The Morgan fingerprint density at radius 3 is 2.48 bits per heavy atom. The topological polar surface area (TPSA) is 87.7 Å². The van der Waals surface area contributed by atoms with Crippen LogP contribution in [0, 0.1) is 0 Å². The van der Waals surface area contributed by atoms with Crippen molar-refractivity contribution in [3.63, 3.8) is 0 Å². The standard InChI is InChI=1S/C32H33NO5S2/c1-2-9-27-28(17-16-26-24(21-40(36)30(26)27)15-14-22-10-4-3-5-11-22)38-19-7-6-18-37-25-13-8-12-23(20-25)29-31(34)33-32(35)39-29/h3-5,8,10-13,16-17,20-21,29H,2,6-7,9,14-15,18-19H2,1H3,(H,33,34,35). The van der Waals surface area contributed by atoms with E-state index in [0.29, 0.717) is 19.0 Å². The van der Waals surface area contributed by atoms with Crippen molar-refractivity contribution < 1.29 is 23.6 Å². The number of amides is 2. The number of aryl methyl sites for hydroxylation is 3. The van der Waals surface area contributed by atoms with E-state index < -0.39 is 16.0 Å². The van der Waals surface area contributed by atoms with Gasteiger partial charge in [0.2, 0.25) is 5.91 Å². The van der Waals surface area contributed by atoms with E-state index in [0.717, 1.165) is 82.8 Å². The molecule has 1 N–H and O–H groups in total. The predicted octanol–water partition coefficient (Wildman–Crippen LogP) is 7.57. The zero-order valence-electron chi connectivity index (χ0n) is 22.5. The van der Waals surface area contributed by atoms with Crippen LogP contribution in [0.25, 0.3) is 10.1 Å². The number of hydrogen-bond donors (Lipinski definition) is 1. The minimum atomic E-state index is -1.16. The summed E-state index contributed by atoms with van der Waals surface area (Å²) >= 11 is 0.988. The second kappa shape index (κ2) is 13.4. The molecule has 4 aromatic rings. The molecule has 0 radical (unpaired) electrons. The van der Waals surface area contributed by atoms with Crippen LogP contribution in [0.4, 0.5) is 4.79 Å². The number of carbonyl (C=O) groups excluding carboxylic acids is 2. The van der Waals surface area contributed by atoms with Gasteiger partial charge in [-0.05, 0) is 90.0 Å². The second-order valence-electron chi connectivity index (χ2n) is 9.85. The molecule has 0 spiro atoms.